The summed E-state index contributed by atoms with van der Waals surface area (Å²) in [6, 6.07) is 9.78. The van der Waals surface area contributed by atoms with E-state index in [1.807, 2.05) is 30.3 Å². The van der Waals surface area contributed by atoms with Crippen LogP contribution in [0.3, 0.4) is 0 Å². The molecule has 0 bridgehead atoms. The van der Waals surface area contributed by atoms with Crippen molar-refractivity contribution in [1.82, 2.24) is 5.32 Å². The summed E-state index contributed by atoms with van der Waals surface area (Å²) < 4.78 is 0. The van der Waals surface area contributed by atoms with E-state index in [1.165, 1.54) is 0 Å². The highest BCUT2D eigenvalue weighted by molar-refractivity contribution is 5.23. The first kappa shape index (κ1) is 7.77. The number of nitrogens with zero attached hydrogens (tertiary/aromatic N) is 1. The fourth-order valence-electron chi connectivity index (χ4n) is 1.59. The Kier molecular flexibility index (Phi) is 1.87. The van der Waals surface area contributed by atoms with E-state index >= 15 is 0 Å². The van der Waals surface area contributed by atoms with Gasteiger partial charge in [-0.05, 0) is 12.0 Å². The van der Waals surface area contributed by atoms with Gasteiger partial charge in [0, 0.05) is 13.1 Å². The van der Waals surface area contributed by atoms with Crippen molar-refractivity contribution < 1.29 is 5.11 Å². The molecule has 2 rings (SSSR count). The molecule has 1 aromatic carbocycles. The molecular weight excluding hydrogens is 150 g/mol. The number of benzene rings is 1. The van der Waals surface area contributed by atoms with Gasteiger partial charge in [0.25, 0.3) is 0 Å². The molecule has 1 N–H and O–H groups in total. The zero-order valence-corrected chi connectivity index (χ0v) is 6.90. The second-order valence-electron chi connectivity index (χ2n) is 3.25. The molecule has 0 aliphatic carbocycles. The Hall–Kier alpha value is -0.860. The Bertz CT molecular complexity index is 252. The predicted octanol–water partition coefficient (Wildman–Crippen LogP) is 0.882. The van der Waals surface area contributed by atoms with Gasteiger partial charge in [-0.1, -0.05) is 30.3 Å². The summed E-state index contributed by atoms with van der Waals surface area (Å²) >= 11 is 0. The Morgan fingerprint density at radius 3 is 2.58 bits per heavy atom. The topological polar surface area (TPSA) is 34.3 Å². The number of hydrogen-bond donors (Lipinski definition) is 1. The van der Waals surface area contributed by atoms with E-state index in [0.717, 1.165) is 18.5 Å². The minimum Gasteiger partial charge on any atom is -0.384 e. The summed E-state index contributed by atoms with van der Waals surface area (Å²) in [5.74, 6) is 0. The molecule has 0 saturated carbocycles. The van der Waals surface area contributed by atoms with Crippen LogP contribution in [-0.2, 0) is 5.60 Å². The summed E-state index contributed by atoms with van der Waals surface area (Å²) in [4.78, 5) is 0. The van der Waals surface area contributed by atoms with Crippen LogP contribution in [0.4, 0.5) is 0 Å². The van der Waals surface area contributed by atoms with Crippen LogP contribution < -0.4 is 5.32 Å². The second-order valence-corrected chi connectivity index (χ2v) is 3.25. The minimum atomic E-state index is -0.679. The standard InChI is InChI=1S/C10H12NO/c12-10(6-7-11-8-10)9-4-2-1-3-5-9/h1-5,12H,6-8H2. The van der Waals surface area contributed by atoms with Gasteiger partial charge < -0.3 is 5.11 Å². The molecule has 1 atom stereocenters. The maximum Gasteiger partial charge on any atom is 0.105 e. The predicted molar refractivity (Wildman–Crippen MR) is 46.8 cm³/mol. The van der Waals surface area contributed by atoms with Crippen LogP contribution in [0.2, 0.25) is 0 Å². The fourth-order valence-corrected chi connectivity index (χ4v) is 1.59. The SMILES string of the molecule is OC1(c2ccccc2)CC[N]C1. The molecular formula is C10H12NO. The van der Waals surface area contributed by atoms with Crippen LogP contribution in [0.25, 0.3) is 0 Å². The smallest absolute Gasteiger partial charge is 0.105 e. The highest BCUT2D eigenvalue weighted by Gasteiger charge is 2.33. The van der Waals surface area contributed by atoms with Crippen molar-refractivity contribution in [3.63, 3.8) is 0 Å². The first-order valence-electron chi connectivity index (χ1n) is 4.22. The molecule has 0 spiro atoms. The minimum absolute atomic E-state index is 0.553. The summed E-state index contributed by atoms with van der Waals surface area (Å²) in [7, 11) is 0. The van der Waals surface area contributed by atoms with Crippen LogP contribution in [0.15, 0.2) is 30.3 Å². The average Bonchev–Trinajstić information content (AvgIpc) is 2.55. The maximum atomic E-state index is 10.1. The molecule has 1 heterocycles. The van der Waals surface area contributed by atoms with Crippen molar-refractivity contribution >= 4 is 0 Å². The van der Waals surface area contributed by atoms with Gasteiger partial charge in [0.05, 0.1) is 0 Å². The zero-order valence-electron chi connectivity index (χ0n) is 6.90. The van der Waals surface area contributed by atoms with Crippen LogP contribution in [0, 0.1) is 0 Å². The lowest BCUT2D eigenvalue weighted by Crippen LogP contribution is -2.26. The van der Waals surface area contributed by atoms with Crippen LogP contribution >= 0.6 is 0 Å². The summed E-state index contributed by atoms with van der Waals surface area (Å²) in [5.41, 5.74) is 0.313. The molecule has 1 unspecified atom stereocenters. The highest BCUT2D eigenvalue weighted by Crippen LogP contribution is 2.27. The van der Waals surface area contributed by atoms with Gasteiger partial charge in [-0.2, -0.15) is 0 Å². The number of hydrogen-bond acceptors (Lipinski definition) is 1. The molecule has 0 amide bonds. The second kappa shape index (κ2) is 2.88. The van der Waals surface area contributed by atoms with Crippen LogP contribution in [-0.4, -0.2) is 18.2 Å². The molecule has 0 aromatic heterocycles. The van der Waals surface area contributed by atoms with Crippen molar-refractivity contribution in [2.45, 2.75) is 12.0 Å². The van der Waals surface area contributed by atoms with E-state index in [9.17, 15) is 5.11 Å². The third kappa shape index (κ3) is 1.24. The first-order chi connectivity index (χ1) is 5.81. The van der Waals surface area contributed by atoms with Crippen molar-refractivity contribution in [2.24, 2.45) is 0 Å². The lowest BCUT2D eigenvalue weighted by Gasteiger charge is -2.20. The highest BCUT2D eigenvalue weighted by atomic mass is 16.3. The maximum absolute atomic E-state index is 10.1. The zero-order chi connectivity index (χ0) is 8.44. The molecule has 2 heteroatoms. The molecule has 1 fully saturated rings. The van der Waals surface area contributed by atoms with E-state index in [0.29, 0.717) is 6.54 Å². The molecule has 1 saturated heterocycles. The molecule has 1 aliphatic heterocycles. The molecule has 2 nitrogen and oxygen atoms in total. The third-order valence-corrected chi connectivity index (χ3v) is 2.37. The first-order valence-corrected chi connectivity index (χ1v) is 4.22. The molecule has 12 heavy (non-hydrogen) atoms. The Morgan fingerprint density at radius 1 is 1.25 bits per heavy atom. The summed E-state index contributed by atoms with van der Waals surface area (Å²) in [5, 5.41) is 14.2. The fraction of sp³-hybridized carbons (Fsp3) is 0.400. The van der Waals surface area contributed by atoms with Crippen molar-refractivity contribution in [1.29, 1.82) is 0 Å². The quantitative estimate of drug-likeness (QED) is 0.653. The monoisotopic (exact) mass is 162 g/mol. The van der Waals surface area contributed by atoms with Crippen molar-refractivity contribution in [2.75, 3.05) is 13.1 Å². The molecule has 63 valence electrons. The van der Waals surface area contributed by atoms with Crippen molar-refractivity contribution in [3.8, 4) is 0 Å². The van der Waals surface area contributed by atoms with Gasteiger partial charge >= 0.3 is 0 Å². The Labute approximate surface area is 72.2 Å². The van der Waals surface area contributed by atoms with E-state index in [4.69, 9.17) is 0 Å². The van der Waals surface area contributed by atoms with E-state index in [-0.39, 0.29) is 0 Å². The average molecular weight is 162 g/mol. The van der Waals surface area contributed by atoms with Gasteiger partial charge in [-0.3, -0.25) is 0 Å². The van der Waals surface area contributed by atoms with E-state index in [1.54, 1.807) is 0 Å². The molecule has 1 aromatic rings. The van der Waals surface area contributed by atoms with Gasteiger partial charge in [-0.15, -0.1) is 0 Å². The Morgan fingerprint density at radius 2 is 2.00 bits per heavy atom. The van der Waals surface area contributed by atoms with E-state index in [2.05, 4.69) is 5.32 Å². The van der Waals surface area contributed by atoms with Crippen molar-refractivity contribution in [3.05, 3.63) is 35.9 Å². The lowest BCUT2D eigenvalue weighted by atomic mass is 9.93. The third-order valence-electron chi connectivity index (χ3n) is 2.37. The molecule has 1 radical (unpaired) electrons. The summed E-state index contributed by atoms with van der Waals surface area (Å²) in [6.45, 7) is 1.34. The van der Waals surface area contributed by atoms with Crippen LogP contribution in [0.5, 0.6) is 0 Å². The lowest BCUT2D eigenvalue weighted by molar-refractivity contribution is 0.0585. The largest absolute Gasteiger partial charge is 0.384 e. The number of aliphatic hydroxyl groups is 1. The normalized spacial score (nSPS) is 29.1. The van der Waals surface area contributed by atoms with Crippen LogP contribution in [0.1, 0.15) is 12.0 Å². The van der Waals surface area contributed by atoms with Gasteiger partial charge in [0.15, 0.2) is 0 Å². The van der Waals surface area contributed by atoms with E-state index < -0.39 is 5.60 Å². The van der Waals surface area contributed by atoms with Gasteiger partial charge in [-0.25, -0.2) is 5.32 Å². The number of rotatable bonds is 1. The summed E-state index contributed by atoms with van der Waals surface area (Å²) in [6.07, 6.45) is 0.761. The van der Waals surface area contributed by atoms with Gasteiger partial charge in [0.2, 0.25) is 0 Å². The molecule has 1 aliphatic rings. The Balaban J connectivity index is 2.29. The van der Waals surface area contributed by atoms with Gasteiger partial charge in [0.1, 0.15) is 5.60 Å².